The summed E-state index contributed by atoms with van der Waals surface area (Å²) in [5, 5.41) is 9.93. The summed E-state index contributed by atoms with van der Waals surface area (Å²) in [6.07, 6.45) is 0. The summed E-state index contributed by atoms with van der Waals surface area (Å²) in [5.74, 6) is 0. The fourth-order valence-corrected chi connectivity index (χ4v) is 8.81. The second-order valence-electron chi connectivity index (χ2n) is 15.3. The Bertz CT molecular complexity index is 3310. The van der Waals surface area contributed by atoms with Crippen molar-refractivity contribution in [2.24, 2.45) is 0 Å². The van der Waals surface area contributed by atoms with Crippen LogP contribution in [0.1, 0.15) is 0 Å². The summed E-state index contributed by atoms with van der Waals surface area (Å²) < 4.78 is 0. The molecule has 1 nitrogen and oxygen atoms in total. The fraction of sp³-hybridized carbons (Fsp3) is 0. The Balaban J connectivity index is 1.06. The number of nitrogens with zero attached hydrogens (tertiary/aromatic N) is 1. The maximum Gasteiger partial charge on any atom is 0.0540 e. The third kappa shape index (κ3) is 6.40. The Morgan fingerprint density at radius 2 is 0.712 bits per heavy atom. The average Bonchev–Trinajstić information content (AvgIpc) is 3.32. The van der Waals surface area contributed by atoms with Crippen molar-refractivity contribution in [2.45, 2.75) is 0 Å². The summed E-state index contributed by atoms with van der Waals surface area (Å²) in [6.45, 7) is 0. The first-order chi connectivity index (χ1) is 29.2. The molecule has 0 unspecified atom stereocenters. The molecular formula is C58H39N. The molecule has 0 amide bonds. The molecule has 0 aliphatic rings. The molecule has 0 aliphatic carbocycles. The van der Waals surface area contributed by atoms with Gasteiger partial charge in [-0.15, -0.1) is 0 Å². The van der Waals surface area contributed by atoms with E-state index in [1.165, 1.54) is 87.6 Å². The van der Waals surface area contributed by atoms with Gasteiger partial charge in [0.1, 0.15) is 0 Å². The van der Waals surface area contributed by atoms with Crippen molar-refractivity contribution in [1.82, 2.24) is 0 Å². The second-order valence-corrected chi connectivity index (χ2v) is 15.3. The SMILES string of the molecule is c1ccc(-c2ccc(N(c3ccc(-c4cc(-c5ccc6ccccc6c5)ccc4-c4ccc5ccccc5c4)cc3)c3cccc4c3ccc3ccccc34)cc2)cc1. The lowest BCUT2D eigenvalue weighted by atomic mass is 9.89. The van der Waals surface area contributed by atoms with Crippen LogP contribution in [0.4, 0.5) is 17.1 Å². The van der Waals surface area contributed by atoms with Crippen LogP contribution in [0.3, 0.4) is 0 Å². The van der Waals surface area contributed by atoms with Gasteiger partial charge in [-0.1, -0.05) is 188 Å². The lowest BCUT2D eigenvalue weighted by molar-refractivity contribution is 1.30. The molecule has 0 saturated heterocycles. The van der Waals surface area contributed by atoms with Crippen LogP contribution < -0.4 is 4.90 Å². The van der Waals surface area contributed by atoms with E-state index in [-0.39, 0.29) is 0 Å². The van der Waals surface area contributed by atoms with Crippen LogP contribution >= 0.6 is 0 Å². The molecule has 0 aromatic heterocycles. The minimum absolute atomic E-state index is 1.10. The summed E-state index contributed by atoms with van der Waals surface area (Å²) >= 11 is 0. The Morgan fingerprint density at radius 1 is 0.220 bits per heavy atom. The highest BCUT2D eigenvalue weighted by Gasteiger charge is 2.18. The van der Waals surface area contributed by atoms with E-state index in [0.717, 1.165) is 17.1 Å². The van der Waals surface area contributed by atoms with Gasteiger partial charge in [-0.3, -0.25) is 0 Å². The third-order valence-electron chi connectivity index (χ3n) is 11.8. The second kappa shape index (κ2) is 14.6. The quantitative estimate of drug-likeness (QED) is 0.147. The zero-order valence-corrected chi connectivity index (χ0v) is 32.5. The summed E-state index contributed by atoms with van der Waals surface area (Å²) in [5.41, 5.74) is 12.9. The van der Waals surface area contributed by atoms with Gasteiger partial charge in [0.15, 0.2) is 0 Å². The largest absolute Gasteiger partial charge is 0.310 e. The predicted molar refractivity (Wildman–Crippen MR) is 253 cm³/mol. The minimum Gasteiger partial charge on any atom is -0.310 e. The van der Waals surface area contributed by atoms with Crippen LogP contribution in [0.5, 0.6) is 0 Å². The highest BCUT2D eigenvalue weighted by molar-refractivity contribution is 6.12. The van der Waals surface area contributed by atoms with E-state index in [1.807, 2.05) is 0 Å². The van der Waals surface area contributed by atoms with Crippen LogP contribution in [0.15, 0.2) is 237 Å². The number of rotatable bonds is 7. The number of hydrogen-bond donors (Lipinski definition) is 0. The number of anilines is 3. The summed E-state index contributed by atoms with van der Waals surface area (Å²) in [4.78, 5) is 2.41. The molecule has 0 atom stereocenters. The van der Waals surface area contributed by atoms with E-state index >= 15 is 0 Å². The monoisotopic (exact) mass is 749 g/mol. The van der Waals surface area contributed by atoms with Crippen molar-refractivity contribution in [1.29, 1.82) is 0 Å². The highest BCUT2D eigenvalue weighted by Crippen LogP contribution is 2.43. The highest BCUT2D eigenvalue weighted by atomic mass is 15.1. The van der Waals surface area contributed by atoms with E-state index < -0.39 is 0 Å². The predicted octanol–water partition coefficient (Wildman–Crippen LogP) is 16.4. The molecule has 0 fully saturated rings. The van der Waals surface area contributed by atoms with Gasteiger partial charge < -0.3 is 4.90 Å². The molecule has 1 heteroatoms. The standard InChI is InChI=1S/C58H39N/c1-2-11-40(12-3-1)43-25-31-51(32-26-43)59(58-20-10-19-55-53-18-9-8-15-44(53)29-36-56(55)58)52-33-27-45(28-34-52)57-39-49(48-23-21-41-13-4-6-16-46(41)37-48)30-35-54(57)50-24-22-42-14-5-7-17-47(42)38-50/h1-39H. The normalized spacial score (nSPS) is 11.4. The average molecular weight is 750 g/mol. The van der Waals surface area contributed by atoms with E-state index in [1.54, 1.807) is 0 Å². The van der Waals surface area contributed by atoms with E-state index in [0.29, 0.717) is 0 Å². The summed E-state index contributed by atoms with van der Waals surface area (Å²) in [7, 11) is 0. The first-order valence-electron chi connectivity index (χ1n) is 20.3. The van der Waals surface area contributed by atoms with Crippen molar-refractivity contribution >= 4 is 60.2 Å². The maximum atomic E-state index is 2.41. The van der Waals surface area contributed by atoms with Crippen molar-refractivity contribution in [3.05, 3.63) is 237 Å². The third-order valence-corrected chi connectivity index (χ3v) is 11.8. The maximum absolute atomic E-state index is 2.41. The molecule has 0 radical (unpaired) electrons. The molecule has 59 heavy (non-hydrogen) atoms. The molecule has 11 aromatic carbocycles. The van der Waals surface area contributed by atoms with Crippen LogP contribution in [-0.2, 0) is 0 Å². The lowest BCUT2D eigenvalue weighted by Crippen LogP contribution is -2.10. The minimum atomic E-state index is 1.10. The van der Waals surface area contributed by atoms with Gasteiger partial charge in [0.05, 0.1) is 5.69 Å². The van der Waals surface area contributed by atoms with Crippen LogP contribution in [0, 0.1) is 0 Å². The van der Waals surface area contributed by atoms with E-state index in [9.17, 15) is 0 Å². The van der Waals surface area contributed by atoms with Crippen molar-refractivity contribution in [3.8, 4) is 44.5 Å². The fourth-order valence-electron chi connectivity index (χ4n) is 8.81. The Morgan fingerprint density at radius 3 is 1.42 bits per heavy atom. The number of fused-ring (bicyclic) bond motifs is 5. The van der Waals surface area contributed by atoms with E-state index in [2.05, 4.69) is 241 Å². The first-order valence-corrected chi connectivity index (χ1v) is 20.3. The van der Waals surface area contributed by atoms with Gasteiger partial charge in [0.25, 0.3) is 0 Å². The molecule has 0 heterocycles. The number of benzene rings is 11. The van der Waals surface area contributed by atoms with Crippen LogP contribution in [0.25, 0.3) is 87.6 Å². The first kappa shape index (κ1) is 34.5. The Kier molecular flexibility index (Phi) is 8.56. The van der Waals surface area contributed by atoms with Gasteiger partial charge in [-0.2, -0.15) is 0 Å². The van der Waals surface area contributed by atoms with Gasteiger partial charge in [0, 0.05) is 16.8 Å². The van der Waals surface area contributed by atoms with Gasteiger partial charge in [0.2, 0.25) is 0 Å². The molecule has 0 saturated carbocycles. The lowest BCUT2D eigenvalue weighted by Gasteiger charge is -2.27. The molecule has 276 valence electrons. The van der Waals surface area contributed by atoms with Crippen LogP contribution in [-0.4, -0.2) is 0 Å². The number of hydrogen-bond acceptors (Lipinski definition) is 1. The molecule has 0 N–H and O–H groups in total. The van der Waals surface area contributed by atoms with Gasteiger partial charge >= 0.3 is 0 Å². The Labute approximate surface area is 344 Å². The zero-order valence-electron chi connectivity index (χ0n) is 32.5. The Hall–Kier alpha value is -7.74. The van der Waals surface area contributed by atoms with E-state index in [4.69, 9.17) is 0 Å². The smallest absolute Gasteiger partial charge is 0.0540 e. The van der Waals surface area contributed by atoms with Gasteiger partial charge in [-0.05, 0) is 131 Å². The molecule has 0 bridgehead atoms. The van der Waals surface area contributed by atoms with Gasteiger partial charge in [-0.25, -0.2) is 0 Å². The molecule has 0 aliphatic heterocycles. The summed E-state index contributed by atoms with van der Waals surface area (Å²) in [6, 6.07) is 86.4. The van der Waals surface area contributed by atoms with Crippen molar-refractivity contribution in [3.63, 3.8) is 0 Å². The molecule has 11 rings (SSSR count). The topological polar surface area (TPSA) is 3.24 Å². The van der Waals surface area contributed by atoms with Crippen molar-refractivity contribution < 1.29 is 0 Å². The molecule has 11 aromatic rings. The molecular weight excluding hydrogens is 711 g/mol. The van der Waals surface area contributed by atoms with Crippen molar-refractivity contribution in [2.75, 3.05) is 4.90 Å². The zero-order chi connectivity index (χ0) is 39.1. The molecule has 0 spiro atoms. The van der Waals surface area contributed by atoms with Crippen LogP contribution in [0.2, 0.25) is 0 Å².